The Morgan fingerprint density at radius 1 is 1.23 bits per heavy atom. The van der Waals surface area contributed by atoms with Crippen LogP contribution in [0.2, 0.25) is 5.02 Å². The van der Waals surface area contributed by atoms with E-state index in [1.165, 1.54) is 0 Å². The first-order valence-corrected chi connectivity index (χ1v) is 8.51. The molecule has 0 amide bonds. The number of anilines is 1. The summed E-state index contributed by atoms with van der Waals surface area (Å²) in [6.45, 7) is 3.59. The third kappa shape index (κ3) is 7.69. The van der Waals surface area contributed by atoms with Crippen molar-refractivity contribution in [3.8, 4) is 0 Å². The maximum absolute atomic E-state index is 10.9. The average Bonchev–Trinajstić information content (AvgIpc) is 3.15. The number of hydrogen-bond acceptors (Lipinski definition) is 7. The summed E-state index contributed by atoms with van der Waals surface area (Å²) < 4.78 is 0. The Morgan fingerprint density at radius 2 is 1.81 bits per heavy atom. The lowest BCUT2D eigenvalue weighted by molar-refractivity contribution is -0.178. The van der Waals surface area contributed by atoms with E-state index in [2.05, 4.69) is 32.4 Å². The molecule has 0 spiro atoms. The zero-order valence-electron chi connectivity index (χ0n) is 14.6. The van der Waals surface area contributed by atoms with Crippen molar-refractivity contribution in [3.05, 3.63) is 40.9 Å². The molecule has 1 aromatic carbocycles. The van der Waals surface area contributed by atoms with Crippen LogP contribution in [-0.2, 0) is 14.5 Å². The molecule has 9 heteroatoms. The molecular weight excluding hydrogens is 364 g/mol. The Labute approximate surface area is 157 Å². The van der Waals surface area contributed by atoms with Crippen LogP contribution in [0.5, 0.6) is 0 Å². The van der Waals surface area contributed by atoms with E-state index in [0.29, 0.717) is 5.02 Å². The lowest BCUT2D eigenvalue weighted by Crippen LogP contribution is -2.19. The molecule has 0 saturated carbocycles. The normalized spacial score (nSPS) is 14.1. The molecule has 1 aromatic rings. The monoisotopic (exact) mass is 388 g/mol. The zero-order chi connectivity index (χ0) is 19.4. The molecule has 0 saturated heterocycles. The van der Waals surface area contributed by atoms with Gasteiger partial charge in [-0.05, 0) is 24.6 Å². The van der Waals surface area contributed by atoms with Crippen LogP contribution in [0.4, 0.5) is 5.69 Å². The van der Waals surface area contributed by atoms with Gasteiger partial charge in [-0.25, -0.2) is 0 Å². The third-order valence-corrected chi connectivity index (χ3v) is 3.81. The van der Waals surface area contributed by atoms with Crippen molar-refractivity contribution in [3.63, 3.8) is 0 Å². The molecule has 0 aromatic heterocycles. The minimum Gasteiger partial charge on any atom is -0.481 e. The molecule has 8 nitrogen and oxygen atoms in total. The summed E-state index contributed by atoms with van der Waals surface area (Å²) in [4.78, 5) is 21.9. The van der Waals surface area contributed by atoms with Crippen LogP contribution in [0.3, 0.4) is 0 Å². The summed E-state index contributed by atoms with van der Waals surface area (Å²) in [6.07, 6.45) is 4.17. The Bertz CT molecular complexity index is 570. The molecule has 26 heavy (non-hydrogen) atoms. The topological polar surface area (TPSA) is 111 Å². The SMILES string of the molecule is CC(C(=O)O)c1ccc(N2CC=CC2)c(Cl)c1.OCCONOCCO. The molecule has 146 valence electrons. The second-order valence-corrected chi connectivity index (χ2v) is 5.78. The average molecular weight is 389 g/mol. The van der Waals surface area contributed by atoms with E-state index in [0.717, 1.165) is 24.3 Å². The van der Waals surface area contributed by atoms with Gasteiger partial charge >= 0.3 is 5.97 Å². The van der Waals surface area contributed by atoms with Crippen LogP contribution in [0.1, 0.15) is 18.4 Å². The summed E-state index contributed by atoms with van der Waals surface area (Å²) in [5.41, 5.74) is 3.76. The van der Waals surface area contributed by atoms with Crippen molar-refractivity contribution >= 4 is 23.3 Å². The molecule has 1 heterocycles. The Balaban J connectivity index is 0.000000321. The Hall–Kier alpha value is -1.68. The molecule has 4 N–H and O–H groups in total. The number of carboxylic acids is 1. The van der Waals surface area contributed by atoms with Crippen molar-refractivity contribution in [1.82, 2.24) is 5.64 Å². The first kappa shape index (κ1) is 22.4. The molecule has 0 aliphatic carbocycles. The number of aliphatic hydroxyl groups is 2. The molecule has 1 aliphatic heterocycles. The molecular formula is C17H25ClN2O6. The first-order valence-electron chi connectivity index (χ1n) is 8.13. The highest BCUT2D eigenvalue weighted by Crippen LogP contribution is 2.30. The number of rotatable bonds is 9. The van der Waals surface area contributed by atoms with Gasteiger partial charge in [0.05, 0.1) is 43.1 Å². The molecule has 0 radical (unpaired) electrons. The van der Waals surface area contributed by atoms with Gasteiger partial charge in [-0.2, -0.15) is 0 Å². The van der Waals surface area contributed by atoms with E-state index in [1.54, 1.807) is 13.0 Å². The number of nitrogens with one attached hydrogen (secondary N) is 1. The van der Waals surface area contributed by atoms with E-state index in [-0.39, 0.29) is 26.4 Å². The van der Waals surface area contributed by atoms with Gasteiger partial charge in [-0.3, -0.25) is 14.5 Å². The number of hydrogen-bond donors (Lipinski definition) is 4. The second-order valence-electron chi connectivity index (χ2n) is 5.37. The largest absolute Gasteiger partial charge is 0.481 e. The number of benzene rings is 1. The Kier molecular flexibility index (Phi) is 10.9. The van der Waals surface area contributed by atoms with Crippen LogP contribution < -0.4 is 10.5 Å². The Morgan fingerprint density at radius 3 is 2.27 bits per heavy atom. The summed E-state index contributed by atoms with van der Waals surface area (Å²) in [7, 11) is 0. The van der Waals surface area contributed by atoms with Gasteiger partial charge in [0.2, 0.25) is 0 Å². The number of carbonyl (C=O) groups is 1. The van der Waals surface area contributed by atoms with E-state index in [4.69, 9.17) is 26.9 Å². The summed E-state index contributed by atoms with van der Waals surface area (Å²) in [5.74, 6) is -1.37. The molecule has 0 bridgehead atoms. The number of halogens is 1. The summed E-state index contributed by atoms with van der Waals surface area (Å²) in [6, 6.07) is 5.47. The third-order valence-electron chi connectivity index (χ3n) is 3.51. The van der Waals surface area contributed by atoms with Gasteiger partial charge in [0, 0.05) is 13.1 Å². The fourth-order valence-corrected chi connectivity index (χ4v) is 2.39. The van der Waals surface area contributed by atoms with E-state index >= 15 is 0 Å². The maximum Gasteiger partial charge on any atom is 0.310 e. The van der Waals surface area contributed by atoms with Crippen LogP contribution in [0.15, 0.2) is 30.4 Å². The summed E-state index contributed by atoms with van der Waals surface area (Å²) in [5, 5.41) is 25.9. The molecule has 2 rings (SSSR count). The number of aliphatic hydroxyl groups excluding tert-OH is 2. The lowest BCUT2D eigenvalue weighted by Gasteiger charge is -2.20. The van der Waals surface area contributed by atoms with Gasteiger partial charge in [-0.15, -0.1) is 0 Å². The standard InChI is InChI=1S/C13H14ClNO2.C4H11NO4/c1-9(13(16)17)10-4-5-12(11(14)8-10)15-6-2-3-7-15;6-1-3-8-5-9-4-2-7/h2-5,8-9H,6-7H2,1H3,(H,16,17);5-7H,1-4H2. The van der Waals surface area contributed by atoms with E-state index in [1.807, 2.05) is 12.1 Å². The maximum atomic E-state index is 10.9. The first-order chi connectivity index (χ1) is 12.5. The minimum absolute atomic E-state index is 0.0600. The summed E-state index contributed by atoms with van der Waals surface area (Å²) >= 11 is 6.20. The van der Waals surface area contributed by atoms with Crippen LogP contribution in [-0.4, -0.2) is 60.8 Å². The highest BCUT2D eigenvalue weighted by Gasteiger charge is 2.17. The fraction of sp³-hybridized carbons (Fsp3) is 0.471. The number of aliphatic carboxylic acids is 1. The van der Waals surface area contributed by atoms with Gasteiger partial charge in [0.25, 0.3) is 0 Å². The van der Waals surface area contributed by atoms with Crippen molar-refractivity contribution < 1.29 is 29.8 Å². The highest BCUT2D eigenvalue weighted by atomic mass is 35.5. The smallest absolute Gasteiger partial charge is 0.310 e. The second kappa shape index (κ2) is 12.6. The van der Waals surface area contributed by atoms with Gasteiger partial charge in [0.15, 0.2) is 0 Å². The van der Waals surface area contributed by atoms with Gasteiger partial charge < -0.3 is 20.2 Å². The number of carboxylic acid groups (broad SMARTS) is 1. The predicted octanol–water partition coefficient (Wildman–Crippen LogP) is 1.33. The molecule has 1 unspecified atom stereocenters. The van der Waals surface area contributed by atoms with Crippen LogP contribution >= 0.6 is 11.6 Å². The predicted molar refractivity (Wildman–Crippen MR) is 98.1 cm³/mol. The van der Waals surface area contributed by atoms with Crippen LogP contribution in [0, 0.1) is 0 Å². The quantitative estimate of drug-likeness (QED) is 0.285. The van der Waals surface area contributed by atoms with Crippen LogP contribution in [0.25, 0.3) is 0 Å². The minimum atomic E-state index is -0.836. The van der Waals surface area contributed by atoms with E-state index < -0.39 is 11.9 Å². The highest BCUT2D eigenvalue weighted by molar-refractivity contribution is 6.33. The molecule has 1 aliphatic rings. The zero-order valence-corrected chi connectivity index (χ0v) is 15.4. The van der Waals surface area contributed by atoms with E-state index in [9.17, 15) is 4.79 Å². The van der Waals surface area contributed by atoms with Gasteiger partial charge in [-0.1, -0.05) is 35.5 Å². The van der Waals surface area contributed by atoms with Gasteiger partial charge in [0.1, 0.15) is 0 Å². The molecule has 0 fully saturated rings. The van der Waals surface area contributed by atoms with Crippen molar-refractivity contribution in [2.45, 2.75) is 12.8 Å². The molecule has 1 atom stereocenters. The fourth-order valence-electron chi connectivity index (χ4n) is 2.08. The van der Waals surface area contributed by atoms with Crippen molar-refractivity contribution in [2.24, 2.45) is 0 Å². The number of nitrogens with zero attached hydrogens (tertiary/aromatic N) is 1. The van der Waals surface area contributed by atoms with Crippen molar-refractivity contribution in [1.29, 1.82) is 0 Å². The lowest BCUT2D eigenvalue weighted by atomic mass is 10.0. The van der Waals surface area contributed by atoms with Crippen molar-refractivity contribution in [2.75, 3.05) is 44.4 Å².